The standard InChI is InChI=1S/C8H16N/c1-3-8-6-5-7-9(8)4-2/h8H,2-7H2,1H3. The Morgan fingerprint density at radius 2 is 2.44 bits per heavy atom. The van der Waals surface area contributed by atoms with E-state index in [4.69, 9.17) is 0 Å². The van der Waals surface area contributed by atoms with E-state index >= 15 is 0 Å². The zero-order chi connectivity index (χ0) is 6.69. The van der Waals surface area contributed by atoms with Gasteiger partial charge in [-0.15, -0.1) is 0 Å². The van der Waals surface area contributed by atoms with E-state index in [1.165, 1.54) is 25.8 Å². The molecule has 1 saturated heterocycles. The molecule has 0 saturated carbocycles. The molecule has 1 aliphatic rings. The largest absolute Gasteiger partial charge is 0.300 e. The van der Waals surface area contributed by atoms with Gasteiger partial charge in [0.25, 0.3) is 0 Å². The summed E-state index contributed by atoms with van der Waals surface area (Å²) in [4.78, 5) is 2.47. The second-order valence-corrected chi connectivity index (χ2v) is 2.74. The van der Waals surface area contributed by atoms with Crippen LogP contribution in [0.25, 0.3) is 0 Å². The van der Waals surface area contributed by atoms with E-state index in [2.05, 4.69) is 18.7 Å². The second-order valence-electron chi connectivity index (χ2n) is 2.74. The van der Waals surface area contributed by atoms with Crippen LogP contribution in [-0.4, -0.2) is 24.0 Å². The lowest BCUT2D eigenvalue weighted by atomic mass is 10.2. The summed E-state index contributed by atoms with van der Waals surface area (Å²) in [5, 5.41) is 0. The highest BCUT2D eigenvalue weighted by Crippen LogP contribution is 2.18. The predicted molar refractivity (Wildman–Crippen MR) is 40.2 cm³/mol. The van der Waals surface area contributed by atoms with Crippen LogP contribution in [0.5, 0.6) is 0 Å². The van der Waals surface area contributed by atoms with Crippen molar-refractivity contribution in [3.63, 3.8) is 0 Å². The van der Waals surface area contributed by atoms with Gasteiger partial charge in [0.05, 0.1) is 0 Å². The summed E-state index contributed by atoms with van der Waals surface area (Å²) >= 11 is 0. The minimum absolute atomic E-state index is 0.850. The molecule has 1 heterocycles. The van der Waals surface area contributed by atoms with Crippen LogP contribution in [0.15, 0.2) is 0 Å². The monoisotopic (exact) mass is 126 g/mol. The van der Waals surface area contributed by atoms with E-state index in [1.54, 1.807) is 0 Å². The summed E-state index contributed by atoms with van der Waals surface area (Å²) in [6.45, 7) is 8.43. The first-order valence-corrected chi connectivity index (χ1v) is 3.91. The molecule has 1 fully saturated rings. The third kappa shape index (κ3) is 1.45. The molecule has 0 aromatic heterocycles. The second kappa shape index (κ2) is 3.21. The molecule has 0 aromatic rings. The Balaban J connectivity index is 2.32. The van der Waals surface area contributed by atoms with Gasteiger partial charge in [0.1, 0.15) is 0 Å². The fraction of sp³-hybridized carbons (Fsp3) is 0.875. The van der Waals surface area contributed by atoms with Gasteiger partial charge in [-0.3, -0.25) is 0 Å². The van der Waals surface area contributed by atoms with Crippen molar-refractivity contribution in [2.24, 2.45) is 0 Å². The summed E-state index contributed by atoms with van der Waals surface area (Å²) in [6.07, 6.45) is 4.08. The van der Waals surface area contributed by atoms with Crippen molar-refractivity contribution in [1.82, 2.24) is 4.90 Å². The molecule has 1 aliphatic heterocycles. The third-order valence-electron chi connectivity index (χ3n) is 2.26. The number of nitrogens with zero attached hydrogens (tertiary/aromatic N) is 1. The first-order valence-electron chi connectivity index (χ1n) is 3.91. The van der Waals surface area contributed by atoms with Crippen LogP contribution in [0.3, 0.4) is 0 Å². The molecule has 0 N–H and O–H groups in total. The Morgan fingerprint density at radius 3 is 2.89 bits per heavy atom. The van der Waals surface area contributed by atoms with Gasteiger partial charge in [-0.25, -0.2) is 0 Å². The lowest BCUT2D eigenvalue weighted by molar-refractivity contribution is 0.273. The van der Waals surface area contributed by atoms with Gasteiger partial charge in [0.15, 0.2) is 0 Å². The quantitative estimate of drug-likeness (QED) is 0.544. The lowest BCUT2D eigenvalue weighted by Crippen LogP contribution is -2.28. The molecule has 53 valence electrons. The fourth-order valence-electron chi connectivity index (χ4n) is 1.65. The Bertz CT molecular complexity index is 70.6. The normalized spacial score (nSPS) is 29.3. The predicted octanol–water partition coefficient (Wildman–Crippen LogP) is 1.69. The smallest absolute Gasteiger partial charge is 0.00931 e. The van der Waals surface area contributed by atoms with E-state index in [0.717, 1.165) is 12.6 Å². The summed E-state index contributed by atoms with van der Waals surface area (Å²) < 4.78 is 0. The van der Waals surface area contributed by atoms with Gasteiger partial charge in [-0.2, -0.15) is 0 Å². The number of rotatable bonds is 2. The molecule has 1 atom stereocenters. The highest BCUT2D eigenvalue weighted by Gasteiger charge is 2.20. The zero-order valence-corrected chi connectivity index (χ0v) is 6.27. The van der Waals surface area contributed by atoms with E-state index in [0.29, 0.717) is 0 Å². The zero-order valence-electron chi connectivity index (χ0n) is 6.27. The van der Waals surface area contributed by atoms with Crippen LogP contribution >= 0.6 is 0 Å². The van der Waals surface area contributed by atoms with Gasteiger partial charge < -0.3 is 4.90 Å². The van der Waals surface area contributed by atoms with E-state index in [-0.39, 0.29) is 0 Å². The Labute approximate surface area is 58.0 Å². The molecule has 1 nitrogen and oxygen atoms in total. The van der Waals surface area contributed by atoms with Crippen molar-refractivity contribution < 1.29 is 0 Å². The fourth-order valence-corrected chi connectivity index (χ4v) is 1.65. The van der Waals surface area contributed by atoms with Crippen LogP contribution in [0.2, 0.25) is 0 Å². The highest BCUT2D eigenvalue weighted by atomic mass is 15.2. The first kappa shape index (κ1) is 7.07. The number of hydrogen-bond donors (Lipinski definition) is 0. The Kier molecular flexibility index (Phi) is 2.52. The molecular weight excluding hydrogens is 110 g/mol. The molecule has 1 rings (SSSR count). The molecule has 0 bridgehead atoms. The van der Waals surface area contributed by atoms with Gasteiger partial charge >= 0.3 is 0 Å². The van der Waals surface area contributed by atoms with Crippen molar-refractivity contribution in [3.05, 3.63) is 6.92 Å². The van der Waals surface area contributed by atoms with Crippen molar-refractivity contribution in [2.75, 3.05) is 13.1 Å². The van der Waals surface area contributed by atoms with Gasteiger partial charge in [-0.1, -0.05) is 6.92 Å². The molecule has 1 heteroatoms. The highest BCUT2D eigenvalue weighted by molar-refractivity contribution is 4.77. The van der Waals surface area contributed by atoms with Crippen molar-refractivity contribution >= 4 is 0 Å². The average Bonchev–Trinajstić information content (AvgIpc) is 2.33. The van der Waals surface area contributed by atoms with Crippen molar-refractivity contribution in [1.29, 1.82) is 0 Å². The van der Waals surface area contributed by atoms with Crippen LogP contribution in [0.1, 0.15) is 26.2 Å². The summed E-state index contributed by atoms with van der Waals surface area (Å²) in [5.74, 6) is 0. The van der Waals surface area contributed by atoms with Crippen LogP contribution in [0.4, 0.5) is 0 Å². The molecule has 9 heavy (non-hydrogen) atoms. The maximum Gasteiger partial charge on any atom is 0.00931 e. The minimum atomic E-state index is 0.850. The first-order chi connectivity index (χ1) is 4.38. The van der Waals surface area contributed by atoms with Crippen LogP contribution in [-0.2, 0) is 0 Å². The molecule has 0 amide bonds. The molecule has 1 radical (unpaired) electrons. The number of hydrogen-bond acceptors (Lipinski definition) is 1. The molecule has 1 unspecified atom stereocenters. The summed E-state index contributed by atoms with van der Waals surface area (Å²) in [6, 6.07) is 0.850. The summed E-state index contributed by atoms with van der Waals surface area (Å²) in [5.41, 5.74) is 0. The van der Waals surface area contributed by atoms with E-state index < -0.39 is 0 Å². The van der Waals surface area contributed by atoms with E-state index in [9.17, 15) is 0 Å². The Hall–Kier alpha value is -0.0400. The van der Waals surface area contributed by atoms with Crippen molar-refractivity contribution in [2.45, 2.75) is 32.2 Å². The van der Waals surface area contributed by atoms with Gasteiger partial charge in [-0.05, 0) is 39.3 Å². The maximum atomic E-state index is 3.89. The summed E-state index contributed by atoms with van der Waals surface area (Å²) in [7, 11) is 0. The SMILES string of the molecule is [CH2]CN1CCCC1CC. The number of likely N-dealkylation sites (tertiary alicyclic amines) is 1. The Morgan fingerprint density at radius 1 is 1.67 bits per heavy atom. The van der Waals surface area contributed by atoms with Gasteiger partial charge in [0, 0.05) is 6.04 Å². The molecule has 0 aliphatic carbocycles. The topological polar surface area (TPSA) is 3.24 Å². The average molecular weight is 126 g/mol. The van der Waals surface area contributed by atoms with Crippen LogP contribution < -0.4 is 0 Å². The molecule has 0 spiro atoms. The molecule has 0 aromatic carbocycles. The van der Waals surface area contributed by atoms with Gasteiger partial charge in [0.2, 0.25) is 0 Å². The van der Waals surface area contributed by atoms with Crippen molar-refractivity contribution in [3.8, 4) is 0 Å². The minimum Gasteiger partial charge on any atom is -0.300 e. The molecular formula is C8H16N. The third-order valence-corrected chi connectivity index (χ3v) is 2.26. The van der Waals surface area contributed by atoms with E-state index in [1.807, 2.05) is 0 Å². The lowest BCUT2D eigenvalue weighted by Gasteiger charge is -2.20. The van der Waals surface area contributed by atoms with Crippen LogP contribution in [0, 0.1) is 6.92 Å². The maximum absolute atomic E-state index is 3.89.